The third kappa shape index (κ3) is 2.14. The molecule has 0 unspecified atom stereocenters. The highest BCUT2D eigenvalue weighted by atomic mass is 79.9. The van der Waals surface area contributed by atoms with Crippen molar-refractivity contribution in [2.75, 3.05) is 7.11 Å². The fraction of sp³-hybridized carbons (Fsp3) is 0.0909. The number of esters is 1. The van der Waals surface area contributed by atoms with Crippen LogP contribution in [-0.2, 0) is 4.74 Å². The van der Waals surface area contributed by atoms with Gasteiger partial charge in [-0.1, -0.05) is 28.1 Å². The molecule has 1 heterocycles. The van der Waals surface area contributed by atoms with E-state index in [0.717, 1.165) is 15.7 Å². The van der Waals surface area contributed by atoms with Crippen molar-refractivity contribution in [1.82, 2.24) is 9.97 Å². The van der Waals surface area contributed by atoms with Crippen LogP contribution in [0, 0.1) is 0 Å². The lowest BCUT2D eigenvalue weighted by Gasteiger charge is -1.97. The van der Waals surface area contributed by atoms with E-state index in [1.54, 1.807) is 6.20 Å². The lowest BCUT2D eigenvalue weighted by molar-refractivity contribution is 0.0588. The Kier molecular flexibility index (Phi) is 3.05. The molecule has 16 heavy (non-hydrogen) atoms. The highest BCUT2D eigenvalue weighted by Crippen LogP contribution is 2.19. The molecule has 2 aromatic rings. The van der Waals surface area contributed by atoms with Crippen molar-refractivity contribution < 1.29 is 9.53 Å². The highest BCUT2D eigenvalue weighted by molar-refractivity contribution is 9.10. The molecule has 0 bridgehead atoms. The van der Waals surface area contributed by atoms with Gasteiger partial charge in [-0.25, -0.2) is 9.78 Å². The second-order valence-electron chi connectivity index (χ2n) is 3.14. The Bertz CT molecular complexity index is 505. The number of hydrogen-bond donors (Lipinski definition) is 1. The van der Waals surface area contributed by atoms with Gasteiger partial charge in [0.15, 0.2) is 0 Å². The van der Waals surface area contributed by atoms with Gasteiger partial charge in [0.05, 0.1) is 19.0 Å². The number of carbonyl (C=O) groups excluding carboxylic acids is 1. The van der Waals surface area contributed by atoms with Crippen LogP contribution in [0.2, 0.25) is 0 Å². The summed E-state index contributed by atoms with van der Waals surface area (Å²) in [7, 11) is 1.32. The molecule has 1 aromatic carbocycles. The van der Waals surface area contributed by atoms with Gasteiger partial charge in [-0.15, -0.1) is 0 Å². The van der Waals surface area contributed by atoms with Gasteiger partial charge in [0, 0.05) is 4.47 Å². The maximum Gasteiger partial charge on any atom is 0.374 e. The number of aromatic nitrogens is 2. The SMILES string of the molecule is COC(=O)c1ncc(-c2ccc(Br)cc2)[nH]1. The van der Waals surface area contributed by atoms with Crippen LogP contribution in [0.4, 0.5) is 0 Å². The van der Waals surface area contributed by atoms with Gasteiger partial charge in [0.2, 0.25) is 5.82 Å². The van der Waals surface area contributed by atoms with Crippen LogP contribution < -0.4 is 0 Å². The predicted molar refractivity (Wildman–Crippen MR) is 63.1 cm³/mol. The van der Waals surface area contributed by atoms with Crippen molar-refractivity contribution in [3.63, 3.8) is 0 Å². The molecular weight excluding hydrogens is 272 g/mol. The van der Waals surface area contributed by atoms with Gasteiger partial charge >= 0.3 is 5.97 Å². The monoisotopic (exact) mass is 280 g/mol. The maximum absolute atomic E-state index is 11.2. The summed E-state index contributed by atoms with van der Waals surface area (Å²) < 4.78 is 5.57. The van der Waals surface area contributed by atoms with E-state index < -0.39 is 5.97 Å². The molecule has 0 atom stereocenters. The number of nitrogens with zero attached hydrogens (tertiary/aromatic N) is 1. The number of rotatable bonds is 2. The minimum atomic E-state index is -0.469. The van der Waals surface area contributed by atoms with E-state index in [1.165, 1.54) is 7.11 Å². The van der Waals surface area contributed by atoms with E-state index in [2.05, 4.69) is 30.6 Å². The number of hydrogen-bond acceptors (Lipinski definition) is 3. The first kappa shape index (κ1) is 10.9. The smallest absolute Gasteiger partial charge is 0.374 e. The second-order valence-corrected chi connectivity index (χ2v) is 4.06. The molecule has 0 spiro atoms. The number of imidazole rings is 1. The molecule has 0 aliphatic carbocycles. The molecule has 0 amide bonds. The topological polar surface area (TPSA) is 55.0 Å². The third-order valence-electron chi connectivity index (χ3n) is 2.11. The van der Waals surface area contributed by atoms with E-state index in [-0.39, 0.29) is 5.82 Å². The number of halogens is 1. The molecule has 0 fully saturated rings. The molecule has 0 saturated carbocycles. The van der Waals surface area contributed by atoms with Gasteiger partial charge < -0.3 is 9.72 Å². The number of carbonyl (C=O) groups is 1. The van der Waals surface area contributed by atoms with Crippen molar-refractivity contribution >= 4 is 21.9 Å². The summed E-state index contributed by atoms with van der Waals surface area (Å²) in [6.45, 7) is 0. The van der Waals surface area contributed by atoms with E-state index in [0.29, 0.717) is 0 Å². The van der Waals surface area contributed by atoms with Crippen LogP contribution >= 0.6 is 15.9 Å². The van der Waals surface area contributed by atoms with Crippen LogP contribution in [0.3, 0.4) is 0 Å². The summed E-state index contributed by atoms with van der Waals surface area (Å²) in [5.41, 5.74) is 1.75. The predicted octanol–water partition coefficient (Wildman–Crippen LogP) is 2.63. The highest BCUT2D eigenvalue weighted by Gasteiger charge is 2.10. The molecule has 4 nitrogen and oxygen atoms in total. The van der Waals surface area contributed by atoms with E-state index in [9.17, 15) is 4.79 Å². The first-order chi connectivity index (χ1) is 7.70. The van der Waals surface area contributed by atoms with Crippen molar-refractivity contribution in [1.29, 1.82) is 0 Å². The molecule has 0 aliphatic rings. The molecule has 0 radical (unpaired) electrons. The summed E-state index contributed by atoms with van der Waals surface area (Å²) in [6, 6.07) is 7.71. The Morgan fingerprint density at radius 2 is 2.06 bits per heavy atom. The number of benzene rings is 1. The first-order valence-corrected chi connectivity index (χ1v) is 5.39. The summed E-state index contributed by atoms with van der Waals surface area (Å²) in [5, 5.41) is 0. The third-order valence-corrected chi connectivity index (χ3v) is 2.64. The molecule has 2 rings (SSSR count). The quantitative estimate of drug-likeness (QED) is 0.861. The van der Waals surface area contributed by atoms with Gasteiger partial charge in [-0.2, -0.15) is 0 Å². The summed E-state index contributed by atoms with van der Waals surface area (Å²) in [6.07, 6.45) is 1.61. The van der Waals surface area contributed by atoms with Crippen LogP contribution in [0.15, 0.2) is 34.9 Å². The number of nitrogens with one attached hydrogen (secondary N) is 1. The minimum absolute atomic E-state index is 0.209. The number of ether oxygens (including phenoxy) is 1. The maximum atomic E-state index is 11.2. The van der Waals surface area contributed by atoms with E-state index >= 15 is 0 Å². The van der Waals surface area contributed by atoms with Gasteiger partial charge in [0.1, 0.15) is 0 Å². The van der Waals surface area contributed by atoms with Crippen molar-refractivity contribution in [3.8, 4) is 11.3 Å². The van der Waals surface area contributed by atoms with Crippen LogP contribution in [0.25, 0.3) is 11.3 Å². The Morgan fingerprint density at radius 1 is 1.38 bits per heavy atom. The van der Waals surface area contributed by atoms with Crippen LogP contribution in [-0.4, -0.2) is 23.0 Å². The average Bonchev–Trinajstić information content (AvgIpc) is 2.78. The zero-order chi connectivity index (χ0) is 11.5. The second kappa shape index (κ2) is 4.49. The summed E-state index contributed by atoms with van der Waals surface area (Å²) in [5.74, 6) is -0.260. The Balaban J connectivity index is 2.31. The largest absolute Gasteiger partial charge is 0.463 e. The van der Waals surface area contributed by atoms with E-state index in [4.69, 9.17) is 0 Å². The number of H-pyrrole nitrogens is 1. The lowest BCUT2D eigenvalue weighted by Crippen LogP contribution is -2.03. The molecule has 1 N–H and O–H groups in total. The van der Waals surface area contributed by atoms with Crippen LogP contribution in [0.5, 0.6) is 0 Å². The lowest BCUT2D eigenvalue weighted by atomic mass is 10.2. The first-order valence-electron chi connectivity index (χ1n) is 4.60. The van der Waals surface area contributed by atoms with Crippen molar-refractivity contribution in [3.05, 3.63) is 40.8 Å². The fourth-order valence-electron chi connectivity index (χ4n) is 1.30. The van der Waals surface area contributed by atoms with Gasteiger partial charge in [0.25, 0.3) is 0 Å². The Labute approximate surface area is 101 Å². The van der Waals surface area contributed by atoms with Crippen LogP contribution in [0.1, 0.15) is 10.6 Å². The minimum Gasteiger partial charge on any atom is -0.463 e. The van der Waals surface area contributed by atoms with Gasteiger partial charge in [-0.05, 0) is 17.7 Å². The molecule has 0 saturated heterocycles. The molecular formula is C11H9BrN2O2. The Morgan fingerprint density at radius 3 is 2.69 bits per heavy atom. The van der Waals surface area contributed by atoms with E-state index in [1.807, 2.05) is 24.3 Å². The fourth-order valence-corrected chi connectivity index (χ4v) is 1.56. The molecule has 5 heteroatoms. The number of methoxy groups -OCH3 is 1. The average molecular weight is 281 g/mol. The summed E-state index contributed by atoms with van der Waals surface area (Å²) >= 11 is 3.36. The molecule has 0 aliphatic heterocycles. The van der Waals surface area contributed by atoms with Crippen molar-refractivity contribution in [2.45, 2.75) is 0 Å². The molecule has 82 valence electrons. The normalized spacial score (nSPS) is 10.1. The number of aromatic amines is 1. The molecule has 1 aromatic heterocycles. The van der Waals surface area contributed by atoms with Gasteiger partial charge in [-0.3, -0.25) is 0 Å². The summed E-state index contributed by atoms with van der Waals surface area (Å²) in [4.78, 5) is 18.0. The van der Waals surface area contributed by atoms with Crippen molar-refractivity contribution in [2.24, 2.45) is 0 Å². The zero-order valence-electron chi connectivity index (χ0n) is 8.53. The standard InChI is InChI=1S/C11H9BrN2O2/c1-16-11(15)10-13-6-9(14-10)7-2-4-8(12)5-3-7/h2-6H,1H3,(H,13,14). The Hall–Kier alpha value is -1.62. The zero-order valence-corrected chi connectivity index (χ0v) is 10.1.